The van der Waals surface area contributed by atoms with Crippen molar-refractivity contribution in [3.8, 4) is 0 Å². The number of hydrogen-bond acceptors (Lipinski definition) is 2. The summed E-state index contributed by atoms with van der Waals surface area (Å²) in [5, 5.41) is 0. The Morgan fingerprint density at radius 3 is 2.53 bits per heavy atom. The maximum atomic E-state index is 5.87. The zero-order chi connectivity index (χ0) is 13.4. The van der Waals surface area contributed by atoms with Gasteiger partial charge < -0.3 is 10.6 Å². The number of nitrogens with two attached hydrogens (primary N) is 1. The third-order valence-electron chi connectivity index (χ3n) is 3.85. The molecule has 1 aliphatic rings. The quantitative estimate of drug-likeness (QED) is 0.821. The Hall–Kier alpha value is -1.96. The average molecular weight is 252 g/mol. The maximum Gasteiger partial charge on any atom is 0.0437 e. The Morgan fingerprint density at radius 2 is 1.74 bits per heavy atom. The van der Waals surface area contributed by atoms with E-state index in [2.05, 4.69) is 55.1 Å². The normalized spacial score (nSPS) is 13.9. The Labute approximate surface area is 114 Å². The summed E-state index contributed by atoms with van der Waals surface area (Å²) in [6, 6.07) is 15.0. The Kier molecular flexibility index (Phi) is 2.94. The molecule has 1 heterocycles. The fourth-order valence-corrected chi connectivity index (χ4v) is 2.85. The van der Waals surface area contributed by atoms with E-state index < -0.39 is 0 Å². The van der Waals surface area contributed by atoms with E-state index in [-0.39, 0.29) is 0 Å². The minimum Gasteiger partial charge on any atom is -0.399 e. The second-order valence-electron chi connectivity index (χ2n) is 5.60. The zero-order valence-electron chi connectivity index (χ0n) is 11.6. The van der Waals surface area contributed by atoms with Crippen molar-refractivity contribution in [2.24, 2.45) is 0 Å². The second-order valence-corrected chi connectivity index (χ2v) is 5.60. The van der Waals surface area contributed by atoms with Crippen LogP contribution in [0.4, 0.5) is 11.4 Å². The van der Waals surface area contributed by atoms with Crippen molar-refractivity contribution in [2.75, 3.05) is 10.6 Å². The molecule has 0 bridgehead atoms. The molecule has 0 radical (unpaired) electrons. The second kappa shape index (κ2) is 4.61. The van der Waals surface area contributed by atoms with Crippen molar-refractivity contribution in [3.05, 3.63) is 59.2 Å². The van der Waals surface area contributed by atoms with Crippen molar-refractivity contribution in [1.29, 1.82) is 0 Å². The van der Waals surface area contributed by atoms with Crippen molar-refractivity contribution in [1.82, 2.24) is 0 Å². The molecule has 0 saturated carbocycles. The molecule has 2 heteroatoms. The molecule has 0 amide bonds. The first-order valence-corrected chi connectivity index (χ1v) is 6.86. The molecule has 2 N–H and O–H groups in total. The Balaban J connectivity index is 1.95. The number of rotatable bonds is 2. The van der Waals surface area contributed by atoms with Gasteiger partial charge in [0, 0.05) is 24.5 Å². The molecule has 0 unspecified atom stereocenters. The number of benzene rings is 2. The monoisotopic (exact) mass is 252 g/mol. The number of nitrogen functional groups attached to an aromatic ring is 1. The number of para-hydroxylation sites is 1. The van der Waals surface area contributed by atoms with Crippen LogP contribution in [-0.2, 0) is 13.1 Å². The van der Waals surface area contributed by atoms with Crippen LogP contribution in [0.15, 0.2) is 42.5 Å². The summed E-state index contributed by atoms with van der Waals surface area (Å²) in [5.74, 6) is 0.546. The van der Waals surface area contributed by atoms with E-state index in [1.165, 1.54) is 22.4 Å². The highest BCUT2D eigenvalue weighted by molar-refractivity contribution is 5.59. The third kappa shape index (κ3) is 2.19. The highest BCUT2D eigenvalue weighted by Gasteiger charge is 2.21. The van der Waals surface area contributed by atoms with Crippen LogP contribution in [0.1, 0.15) is 36.5 Å². The molecule has 19 heavy (non-hydrogen) atoms. The van der Waals surface area contributed by atoms with E-state index in [1.807, 2.05) is 6.07 Å². The standard InChI is InChI=1S/C17H20N2/c1-12(2)16-5-3-4-6-17(16)19-10-13-7-8-15(18)9-14(13)11-19/h3-9,12H,10-11,18H2,1-2H3. The van der Waals surface area contributed by atoms with Crippen LogP contribution >= 0.6 is 0 Å². The van der Waals surface area contributed by atoms with Gasteiger partial charge in [-0.1, -0.05) is 38.1 Å². The predicted octanol–water partition coefficient (Wildman–Crippen LogP) is 3.91. The summed E-state index contributed by atoms with van der Waals surface area (Å²) in [7, 11) is 0. The van der Waals surface area contributed by atoms with Gasteiger partial charge in [-0.3, -0.25) is 0 Å². The zero-order valence-corrected chi connectivity index (χ0v) is 11.6. The van der Waals surface area contributed by atoms with Crippen LogP contribution in [-0.4, -0.2) is 0 Å². The molecule has 2 aromatic carbocycles. The summed E-state index contributed by atoms with van der Waals surface area (Å²) < 4.78 is 0. The van der Waals surface area contributed by atoms with E-state index in [0.717, 1.165) is 18.8 Å². The molecule has 0 fully saturated rings. The van der Waals surface area contributed by atoms with Crippen molar-refractivity contribution in [2.45, 2.75) is 32.9 Å². The smallest absolute Gasteiger partial charge is 0.0437 e. The lowest BCUT2D eigenvalue weighted by molar-refractivity contribution is 0.820. The van der Waals surface area contributed by atoms with E-state index in [0.29, 0.717) is 5.92 Å². The minimum atomic E-state index is 0.546. The van der Waals surface area contributed by atoms with Crippen molar-refractivity contribution in [3.63, 3.8) is 0 Å². The maximum absolute atomic E-state index is 5.87. The fraction of sp³-hybridized carbons (Fsp3) is 0.294. The lowest BCUT2D eigenvalue weighted by atomic mass is 10.0. The summed E-state index contributed by atoms with van der Waals surface area (Å²) in [6.07, 6.45) is 0. The molecule has 0 atom stereocenters. The molecule has 2 nitrogen and oxygen atoms in total. The summed E-state index contributed by atoms with van der Waals surface area (Å²) in [6.45, 7) is 6.45. The number of hydrogen-bond donors (Lipinski definition) is 1. The van der Waals surface area contributed by atoms with Gasteiger partial charge in [0.15, 0.2) is 0 Å². The van der Waals surface area contributed by atoms with Gasteiger partial charge in [-0.05, 0) is 40.8 Å². The lowest BCUT2D eigenvalue weighted by Crippen LogP contribution is -2.16. The van der Waals surface area contributed by atoms with Gasteiger partial charge in [-0.15, -0.1) is 0 Å². The summed E-state index contributed by atoms with van der Waals surface area (Å²) in [5.41, 5.74) is 12.3. The number of anilines is 2. The molecule has 3 rings (SSSR count). The Bertz CT molecular complexity index is 602. The summed E-state index contributed by atoms with van der Waals surface area (Å²) in [4.78, 5) is 2.44. The lowest BCUT2D eigenvalue weighted by Gasteiger charge is -2.23. The summed E-state index contributed by atoms with van der Waals surface area (Å²) >= 11 is 0. The molecule has 0 aromatic heterocycles. The van der Waals surface area contributed by atoms with Gasteiger partial charge >= 0.3 is 0 Å². The first-order valence-electron chi connectivity index (χ1n) is 6.86. The van der Waals surface area contributed by atoms with Crippen LogP contribution in [0.3, 0.4) is 0 Å². The highest BCUT2D eigenvalue weighted by Crippen LogP contribution is 2.34. The van der Waals surface area contributed by atoms with Gasteiger partial charge in [0.05, 0.1) is 0 Å². The van der Waals surface area contributed by atoms with E-state index in [1.54, 1.807) is 0 Å². The van der Waals surface area contributed by atoms with Gasteiger partial charge in [-0.25, -0.2) is 0 Å². The van der Waals surface area contributed by atoms with E-state index in [4.69, 9.17) is 5.73 Å². The van der Waals surface area contributed by atoms with Crippen LogP contribution < -0.4 is 10.6 Å². The van der Waals surface area contributed by atoms with Gasteiger partial charge in [0.2, 0.25) is 0 Å². The molecular weight excluding hydrogens is 232 g/mol. The minimum absolute atomic E-state index is 0.546. The van der Waals surface area contributed by atoms with E-state index in [9.17, 15) is 0 Å². The molecule has 1 aliphatic heterocycles. The van der Waals surface area contributed by atoms with Gasteiger partial charge in [-0.2, -0.15) is 0 Å². The molecule has 0 saturated heterocycles. The SMILES string of the molecule is CC(C)c1ccccc1N1Cc2ccc(N)cc2C1. The Morgan fingerprint density at radius 1 is 1.00 bits per heavy atom. The largest absolute Gasteiger partial charge is 0.399 e. The van der Waals surface area contributed by atoms with Crippen LogP contribution in [0.5, 0.6) is 0 Å². The average Bonchev–Trinajstić information content (AvgIpc) is 2.81. The first-order chi connectivity index (χ1) is 9.15. The molecule has 0 spiro atoms. The van der Waals surface area contributed by atoms with Crippen LogP contribution in [0.25, 0.3) is 0 Å². The van der Waals surface area contributed by atoms with Gasteiger partial charge in [0.1, 0.15) is 0 Å². The topological polar surface area (TPSA) is 29.3 Å². The molecule has 98 valence electrons. The highest BCUT2D eigenvalue weighted by atomic mass is 15.1. The fourth-order valence-electron chi connectivity index (χ4n) is 2.85. The number of fused-ring (bicyclic) bond motifs is 1. The first kappa shape index (κ1) is 12.1. The molecular formula is C17H20N2. The van der Waals surface area contributed by atoms with Gasteiger partial charge in [0.25, 0.3) is 0 Å². The number of nitrogens with zero attached hydrogens (tertiary/aromatic N) is 1. The van der Waals surface area contributed by atoms with Crippen molar-refractivity contribution >= 4 is 11.4 Å². The third-order valence-corrected chi connectivity index (χ3v) is 3.85. The molecule has 2 aromatic rings. The van der Waals surface area contributed by atoms with Crippen LogP contribution in [0, 0.1) is 0 Å². The van der Waals surface area contributed by atoms with Crippen LogP contribution in [0.2, 0.25) is 0 Å². The van der Waals surface area contributed by atoms with Crippen molar-refractivity contribution < 1.29 is 0 Å². The molecule has 0 aliphatic carbocycles. The van der Waals surface area contributed by atoms with E-state index >= 15 is 0 Å². The predicted molar refractivity (Wildman–Crippen MR) is 81.3 cm³/mol.